The second-order valence-corrected chi connectivity index (χ2v) is 35.7. The predicted molar refractivity (Wildman–Crippen MR) is 524 cm³/mol. The Labute approximate surface area is 837 Å². The van der Waals surface area contributed by atoms with Crippen LogP contribution in [0.2, 0.25) is 0 Å². The number of carbonyl (C=O) groups excluding carboxylic acids is 20. The number of imidazole rings is 1. The van der Waals surface area contributed by atoms with Crippen molar-refractivity contribution in [2.45, 2.75) is 240 Å². The number of hydrogen-bond acceptors (Lipinski definition) is 29. The highest BCUT2D eigenvalue weighted by Gasteiger charge is 2.41. The van der Waals surface area contributed by atoms with Crippen LogP contribution in [0.15, 0.2) is 97.6 Å². The maximum atomic E-state index is 15.1. The van der Waals surface area contributed by atoms with Crippen molar-refractivity contribution in [3.05, 3.63) is 120 Å². The molecule has 0 fully saturated rings. The SMILES string of the molecule is CSCC[C@H](NC(=O)[C@H](Cc1ccccc1)NC(=O)[C@H](Cc1c[nH]cn1)NC(=O)CNC(=O)[C@@H](NC(=O)[C@H](C)NC(=O)[C@H](Cc1c[nH]c2ccccc12)NC(=O)[C@H](CCC(N)=O)NC(=O)[C@H](CC(N)=O)NC(=O)[C@H](Cc1ccc(O)cc1)NC(=O)[C@H](CCCNC(=N)N)NC(=O)[C@H](CCCNC(=N)N)NC(=O)[C@H](CC(C)C)NC(=O)[C@H](C)NC(=O)[C@@H](NC(=O)[C@H](CC(N)=O)NC(=O)[C@@H](N)CO)[C@@H](C)O)[C@@H](C)O)C(N)=O. The molecule has 20 amide bonds. The number of carbonyl (C=O) groups is 20. The van der Waals surface area contributed by atoms with Gasteiger partial charge in [-0.2, -0.15) is 11.8 Å². The molecule has 0 saturated carbocycles. The number of phenolic OH excluding ortho intramolecular Hbond substituents is 1. The Morgan fingerprint density at radius 1 is 0.414 bits per heavy atom. The van der Waals surface area contributed by atoms with Gasteiger partial charge in [-0.05, 0) is 125 Å². The lowest BCUT2D eigenvalue weighted by Crippen LogP contribution is -2.62. The van der Waals surface area contributed by atoms with E-state index in [1.807, 2.05) is 0 Å². The molecule has 2 aromatic heterocycles. The predicted octanol–water partition coefficient (Wildman–Crippen LogP) is -10.8. The maximum Gasteiger partial charge on any atom is 0.245 e. The number of H-pyrrole nitrogens is 2. The smallest absolute Gasteiger partial charge is 0.245 e. The van der Waals surface area contributed by atoms with Gasteiger partial charge in [-0.25, -0.2) is 4.98 Å². The van der Waals surface area contributed by atoms with Gasteiger partial charge in [0, 0.05) is 68.5 Å². The van der Waals surface area contributed by atoms with E-state index < -0.39 is 297 Å². The summed E-state index contributed by atoms with van der Waals surface area (Å²) in [5.74, 6) is -23.2. The van der Waals surface area contributed by atoms with Crippen LogP contribution in [0.1, 0.15) is 128 Å². The fourth-order valence-corrected chi connectivity index (χ4v) is 14.8. The van der Waals surface area contributed by atoms with Crippen LogP contribution in [0.5, 0.6) is 5.75 Å². The summed E-state index contributed by atoms with van der Waals surface area (Å²) in [4.78, 5) is 288. The Hall–Kier alpha value is -15.7. The second-order valence-electron chi connectivity index (χ2n) is 34.7. The van der Waals surface area contributed by atoms with Gasteiger partial charge in [0.25, 0.3) is 0 Å². The highest BCUT2D eigenvalue weighted by atomic mass is 32.2. The summed E-state index contributed by atoms with van der Waals surface area (Å²) in [5, 5.41) is 101. The van der Waals surface area contributed by atoms with Gasteiger partial charge in [-0.15, -0.1) is 0 Å². The largest absolute Gasteiger partial charge is 0.508 e. The number of aliphatic hydroxyl groups is 3. The fourth-order valence-electron chi connectivity index (χ4n) is 14.3. The van der Waals surface area contributed by atoms with E-state index in [9.17, 15) is 107 Å². The van der Waals surface area contributed by atoms with Gasteiger partial charge in [-0.1, -0.05) is 74.5 Å². The van der Waals surface area contributed by atoms with Crippen LogP contribution in [0.4, 0.5) is 0 Å². The first-order valence-corrected chi connectivity index (χ1v) is 47.6. The van der Waals surface area contributed by atoms with Crippen molar-refractivity contribution in [1.29, 1.82) is 10.8 Å². The standard InChI is InChI=1S/C90H134N30O24S/c1-43(2)31-60(113-74(130)44(3)107-88(144)72(47(6)123)120-86(142)66(37-69(94)127)114-76(132)54(91)41-121)81(137)111-57(19-13-28-101-89(96)97)77(133)110-58(20-14-29-102-90(98)99)78(134)115-62(33-49-21-23-52(124)24-22-49)83(139)118-65(36-68(93)126)85(141)112-59(25-26-67(92)125)79(135)117-63(34-50-38-103-55-18-12-11-17-53(50)55)80(136)106-45(4)75(131)119-71(46(5)122)87(143)104-40-70(128)108-64(35-51-39-100-42-105-51)84(140)116-61(32-48-15-9-8-10-16-48)82(138)109-56(73(95)129)27-30-145-7/h8-12,15-18,21-24,38-39,42-47,54,56-66,71-72,103,121-124H,13-14,19-20,25-37,40-41,91H2,1-7H3,(H2,92,125)(H2,93,126)(H2,94,127)(H2,95,129)(H,100,105)(H,104,143)(H,106,136)(H,107,144)(H,108,128)(H,109,138)(H,110,133)(H,111,137)(H,112,141)(H,113,130)(H,114,132)(H,115,134)(H,116,140)(H,117,135)(H,118,139)(H,119,131)(H,120,142)(H4,96,97,101)(H4,98,99,102)/t44-,45-,46+,47+,54-,56-,57-,58-,59-,60-,61-,62-,63-,64-,65-,66-,71-,72-/m0/s1. The van der Waals surface area contributed by atoms with E-state index in [0.29, 0.717) is 27.8 Å². The number of rotatable bonds is 64. The van der Waals surface area contributed by atoms with Crippen molar-refractivity contribution in [3.8, 4) is 5.75 Å². The van der Waals surface area contributed by atoms with Crippen molar-refractivity contribution in [1.82, 2.24) is 111 Å². The number of primary amides is 4. The topological polar surface area (TPSA) is 913 Å². The summed E-state index contributed by atoms with van der Waals surface area (Å²) >= 11 is 1.40. The average Bonchev–Trinajstić information content (AvgIpc) is 1.69. The number of nitrogens with two attached hydrogens (primary N) is 7. The molecule has 54 nitrogen and oxygen atoms in total. The number of aliphatic hydroxyl groups excluding tert-OH is 3. The molecule has 18 atom stereocenters. The number of hydrogen-bond donors (Lipinski definition) is 33. The second kappa shape index (κ2) is 60.6. The van der Waals surface area contributed by atoms with Gasteiger partial charge in [0.2, 0.25) is 118 Å². The van der Waals surface area contributed by atoms with Crippen molar-refractivity contribution < 1.29 is 116 Å². The van der Waals surface area contributed by atoms with E-state index >= 15 is 9.59 Å². The molecule has 0 unspecified atom stereocenters. The van der Waals surface area contributed by atoms with Gasteiger partial charge in [0.05, 0.1) is 50.2 Å². The molecule has 2 heterocycles. The van der Waals surface area contributed by atoms with E-state index in [-0.39, 0.29) is 81.5 Å². The summed E-state index contributed by atoms with van der Waals surface area (Å²) in [6.07, 6.45) is -2.68. The highest BCUT2D eigenvalue weighted by Crippen LogP contribution is 2.22. The van der Waals surface area contributed by atoms with Crippen molar-refractivity contribution >= 4 is 153 Å². The van der Waals surface area contributed by atoms with Gasteiger partial charge < -0.3 is 166 Å². The third kappa shape index (κ3) is 42.6. The van der Waals surface area contributed by atoms with Crippen LogP contribution < -0.4 is 136 Å². The zero-order chi connectivity index (χ0) is 108. The van der Waals surface area contributed by atoms with Crippen LogP contribution in [-0.4, -0.2) is 313 Å². The third-order valence-corrected chi connectivity index (χ3v) is 22.7. The number of aromatic hydroxyl groups is 1. The number of guanidine groups is 2. The number of fused-ring (bicyclic) bond motifs is 1. The van der Waals surface area contributed by atoms with Crippen LogP contribution in [0, 0.1) is 16.7 Å². The Morgan fingerprint density at radius 3 is 1.31 bits per heavy atom. The number of amides is 20. The molecule has 5 aromatic rings. The van der Waals surface area contributed by atoms with E-state index in [1.165, 1.54) is 54.7 Å². The lowest BCUT2D eigenvalue weighted by molar-refractivity contribution is -0.137. The van der Waals surface area contributed by atoms with Crippen LogP contribution in [0.25, 0.3) is 10.9 Å². The molecule has 0 aliphatic heterocycles. The number of para-hydroxylation sites is 1. The summed E-state index contributed by atoms with van der Waals surface area (Å²) in [6, 6.07) is -6.46. The van der Waals surface area contributed by atoms with Crippen molar-refractivity contribution in [2.24, 2.45) is 46.1 Å². The first-order chi connectivity index (χ1) is 68.5. The van der Waals surface area contributed by atoms with Crippen LogP contribution >= 0.6 is 11.8 Å². The Bertz CT molecular complexity index is 5310. The number of phenols is 1. The summed E-state index contributed by atoms with van der Waals surface area (Å²) in [5.41, 5.74) is 40.9. The molecule has 145 heavy (non-hydrogen) atoms. The molecule has 3 aromatic carbocycles. The maximum absolute atomic E-state index is 15.1. The minimum Gasteiger partial charge on any atom is -0.508 e. The number of benzene rings is 3. The van der Waals surface area contributed by atoms with Crippen molar-refractivity contribution in [2.75, 3.05) is 38.2 Å². The van der Waals surface area contributed by atoms with Gasteiger partial charge in [0.1, 0.15) is 102 Å². The van der Waals surface area contributed by atoms with E-state index in [1.54, 1.807) is 74.7 Å². The number of nitrogens with one attached hydrogen (secondary N) is 22. The quantitative estimate of drug-likeness (QED) is 0.00976. The molecule has 0 spiro atoms. The summed E-state index contributed by atoms with van der Waals surface area (Å²) in [6.45, 7) is 5.85. The van der Waals surface area contributed by atoms with Gasteiger partial charge in [0.15, 0.2) is 11.9 Å². The normalized spacial score (nSPS) is 14.8. The monoisotopic (exact) mass is 2050 g/mol. The number of thioether (sulfide) groups is 1. The van der Waals surface area contributed by atoms with Crippen molar-refractivity contribution in [3.63, 3.8) is 0 Å². The first-order valence-electron chi connectivity index (χ1n) is 46.2. The molecule has 0 radical (unpaired) electrons. The van der Waals surface area contributed by atoms with Crippen LogP contribution in [0.3, 0.4) is 0 Å². The Balaban J connectivity index is 1.41. The Morgan fingerprint density at radius 2 is 0.828 bits per heavy atom. The lowest BCUT2D eigenvalue weighted by atomic mass is 10.0. The molecule has 5 rings (SSSR count). The lowest BCUT2D eigenvalue weighted by Gasteiger charge is -2.29. The minimum absolute atomic E-state index is 0.0437. The minimum atomic E-state index is -2.10. The zero-order valence-electron chi connectivity index (χ0n) is 81.0. The first kappa shape index (κ1) is 120. The molecule has 0 bridgehead atoms. The number of nitrogens with zero attached hydrogens (tertiary/aromatic N) is 1. The highest BCUT2D eigenvalue weighted by molar-refractivity contribution is 7.98. The molecule has 794 valence electrons. The molecular weight excluding hydrogens is 1920 g/mol. The molecule has 0 aliphatic rings. The average molecular weight is 2050 g/mol. The molecule has 40 N–H and O–H groups in total. The third-order valence-electron chi connectivity index (χ3n) is 22.1. The summed E-state index contributed by atoms with van der Waals surface area (Å²) < 4.78 is 0. The summed E-state index contributed by atoms with van der Waals surface area (Å²) in [7, 11) is 0. The van der Waals surface area contributed by atoms with Gasteiger partial charge >= 0.3 is 0 Å². The zero-order valence-corrected chi connectivity index (χ0v) is 81.8. The van der Waals surface area contributed by atoms with E-state index in [0.717, 1.165) is 27.7 Å². The number of aromatic amines is 2. The van der Waals surface area contributed by atoms with Crippen LogP contribution in [-0.2, 0) is 122 Å². The Kier molecular flexibility index (Phi) is 50.1. The van der Waals surface area contributed by atoms with E-state index in [2.05, 4.69) is 111 Å². The molecule has 55 heteroatoms. The number of aromatic nitrogens is 3. The molecular formula is C90H134N30O24S. The van der Waals surface area contributed by atoms with Gasteiger partial charge in [-0.3, -0.25) is 107 Å². The molecule has 0 aliphatic carbocycles. The molecule has 0 saturated heterocycles. The van der Waals surface area contributed by atoms with E-state index in [4.69, 9.17) is 51.0 Å². The fraction of sp³-hybridized carbons (Fsp3) is 0.500.